The maximum atomic E-state index is 12.9. The van der Waals surface area contributed by atoms with Crippen LogP contribution in [-0.2, 0) is 10.0 Å². The number of piperidine rings is 1. The normalized spacial score (nSPS) is 19.0. The Balaban J connectivity index is 0.00000243. The second kappa shape index (κ2) is 8.69. The molecule has 0 radical (unpaired) electrons. The number of nitrogens with zero attached hydrogens (tertiary/aromatic N) is 2. The maximum absolute atomic E-state index is 12.9. The second-order valence-corrected chi connectivity index (χ2v) is 9.20. The summed E-state index contributed by atoms with van der Waals surface area (Å²) in [5.74, 6) is 0.638. The molecule has 0 atom stereocenters. The average molecular weight is 402 g/mol. The Morgan fingerprint density at radius 3 is 2.42 bits per heavy atom. The van der Waals surface area contributed by atoms with Gasteiger partial charge in [0, 0.05) is 38.8 Å². The molecule has 0 aromatic heterocycles. The van der Waals surface area contributed by atoms with Crippen molar-refractivity contribution in [3.05, 3.63) is 29.8 Å². The van der Waals surface area contributed by atoms with Gasteiger partial charge in [0.1, 0.15) is 0 Å². The highest BCUT2D eigenvalue weighted by molar-refractivity contribution is 7.89. The Bertz CT molecular complexity index is 727. The van der Waals surface area contributed by atoms with E-state index in [-0.39, 0.29) is 23.2 Å². The Hall–Kier alpha value is -1.15. The van der Waals surface area contributed by atoms with Gasteiger partial charge in [-0.25, -0.2) is 8.42 Å². The monoisotopic (exact) mass is 401 g/mol. The lowest BCUT2D eigenvalue weighted by Gasteiger charge is -2.31. The molecule has 0 unspecified atom stereocenters. The molecule has 1 aliphatic carbocycles. The fourth-order valence-corrected chi connectivity index (χ4v) is 4.67. The Morgan fingerprint density at radius 2 is 1.85 bits per heavy atom. The third kappa shape index (κ3) is 4.97. The SMILES string of the molecule is CN(C)C(=O)c1cccc(S(=O)(=O)N2CCC(NCC3CC3)CC2)c1.Cl. The molecule has 3 rings (SSSR count). The van der Waals surface area contributed by atoms with Crippen LogP contribution in [0.5, 0.6) is 0 Å². The van der Waals surface area contributed by atoms with E-state index in [1.165, 1.54) is 23.8 Å². The van der Waals surface area contributed by atoms with Gasteiger partial charge in [0.05, 0.1) is 4.90 Å². The van der Waals surface area contributed by atoms with Crippen molar-refractivity contribution < 1.29 is 13.2 Å². The average Bonchev–Trinajstić information content (AvgIpc) is 3.44. The van der Waals surface area contributed by atoms with Gasteiger partial charge < -0.3 is 10.2 Å². The van der Waals surface area contributed by atoms with E-state index in [0.717, 1.165) is 25.3 Å². The first-order valence-electron chi connectivity index (χ1n) is 8.93. The third-order valence-electron chi connectivity index (χ3n) is 4.97. The highest BCUT2D eigenvalue weighted by Gasteiger charge is 2.30. The lowest BCUT2D eigenvalue weighted by molar-refractivity contribution is 0.0827. The number of hydrogen-bond acceptors (Lipinski definition) is 4. The summed E-state index contributed by atoms with van der Waals surface area (Å²) in [6.45, 7) is 2.11. The van der Waals surface area contributed by atoms with E-state index in [1.807, 2.05) is 0 Å². The topological polar surface area (TPSA) is 69.7 Å². The van der Waals surface area contributed by atoms with Crippen molar-refractivity contribution in [2.45, 2.75) is 36.6 Å². The Kier molecular flexibility index (Phi) is 7.07. The van der Waals surface area contributed by atoms with Crippen LogP contribution in [0, 0.1) is 5.92 Å². The summed E-state index contributed by atoms with van der Waals surface area (Å²) in [7, 11) is -0.240. The van der Waals surface area contributed by atoms with Crippen molar-refractivity contribution >= 4 is 28.3 Å². The molecule has 2 aliphatic rings. The van der Waals surface area contributed by atoms with Crippen LogP contribution in [0.3, 0.4) is 0 Å². The number of nitrogens with one attached hydrogen (secondary N) is 1. The third-order valence-corrected chi connectivity index (χ3v) is 6.87. The number of sulfonamides is 1. The Labute approximate surface area is 162 Å². The summed E-state index contributed by atoms with van der Waals surface area (Å²) in [6.07, 6.45) is 4.31. The molecule has 1 amide bonds. The van der Waals surface area contributed by atoms with Crippen LogP contribution in [0.1, 0.15) is 36.0 Å². The molecule has 8 heteroatoms. The predicted molar refractivity (Wildman–Crippen MR) is 104 cm³/mol. The largest absolute Gasteiger partial charge is 0.345 e. The summed E-state index contributed by atoms with van der Waals surface area (Å²) in [4.78, 5) is 13.7. The molecule has 1 heterocycles. The van der Waals surface area contributed by atoms with Crippen molar-refractivity contribution in [3.63, 3.8) is 0 Å². The number of benzene rings is 1. The van der Waals surface area contributed by atoms with Gasteiger partial charge in [0.15, 0.2) is 0 Å². The van der Waals surface area contributed by atoms with Crippen LogP contribution in [0.2, 0.25) is 0 Å². The molecule has 26 heavy (non-hydrogen) atoms. The standard InChI is InChI=1S/C18H27N3O3S.ClH/c1-20(2)18(22)15-4-3-5-17(12-15)25(23,24)21-10-8-16(9-11-21)19-13-14-6-7-14;/h3-5,12,14,16,19H,6-11,13H2,1-2H3;1H. The lowest BCUT2D eigenvalue weighted by Crippen LogP contribution is -2.45. The van der Waals surface area contributed by atoms with Crippen LogP contribution >= 0.6 is 12.4 Å². The number of halogens is 1. The van der Waals surface area contributed by atoms with E-state index in [9.17, 15) is 13.2 Å². The summed E-state index contributed by atoms with van der Waals surface area (Å²) in [6, 6.07) is 6.74. The van der Waals surface area contributed by atoms with Crippen molar-refractivity contribution in [1.29, 1.82) is 0 Å². The Morgan fingerprint density at radius 1 is 1.19 bits per heavy atom. The molecule has 1 N–H and O–H groups in total. The van der Waals surface area contributed by atoms with E-state index < -0.39 is 10.0 Å². The van der Waals surface area contributed by atoms with Gasteiger partial charge >= 0.3 is 0 Å². The van der Waals surface area contributed by atoms with E-state index in [2.05, 4.69) is 5.32 Å². The van der Waals surface area contributed by atoms with Gasteiger partial charge in [-0.3, -0.25) is 4.79 Å². The minimum absolute atomic E-state index is 0. The number of rotatable bonds is 6. The van der Waals surface area contributed by atoms with Gasteiger partial charge in [0.2, 0.25) is 10.0 Å². The predicted octanol–water partition coefficient (Wildman–Crippen LogP) is 1.96. The van der Waals surface area contributed by atoms with Gasteiger partial charge in [-0.1, -0.05) is 6.07 Å². The molecule has 2 fully saturated rings. The van der Waals surface area contributed by atoms with Crippen LogP contribution in [-0.4, -0.2) is 63.3 Å². The van der Waals surface area contributed by atoms with E-state index >= 15 is 0 Å². The summed E-state index contributed by atoms with van der Waals surface area (Å²) < 4.78 is 27.3. The van der Waals surface area contributed by atoms with Crippen LogP contribution in [0.15, 0.2) is 29.2 Å². The zero-order chi connectivity index (χ0) is 18.0. The molecule has 0 spiro atoms. The zero-order valence-corrected chi connectivity index (χ0v) is 17.0. The minimum Gasteiger partial charge on any atom is -0.345 e. The maximum Gasteiger partial charge on any atom is 0.253 e. The minimum atomic E-state index is -3.55. The number of hydrogen-bond donors (Lipinski definition) is 1. The molecule has 1 aromatic carbocycles. The number of carbonyl (C=O) groups excluding carboxylic acids is 1. The first-order valence-corrected chi connectivity index (χ1v) is 10.4. The second-order valence-electron chi connectivity index (χ2n) is 7.26. The van der Waals surface area contributed by atoms with Crippen LogP contribution in [0.25, 0.3) is 0 Å². The first-order chi connectivity index (χ1) is 11.9. The van der Waals surface area contributed by atoms with Crippen molar-refractivity contribution in [3.8, 4) is 0 Å². The van der Waals surface area contributed by atoms with Crippen molar-refractivity contribution in [2.24, 2.45) is 5.92 Å². The van der Waals surface area contributed by atoms with Crippen LogP contribution in [0.4, 0.5) is 0 Å². The van der Waals surface area contributed by atoms with Crippen molar-refractivity contribution in [1.82, 2.24) is 14.5 Å². The number of amides is 1. The smallest absolute Gasteiger partial charge is 0.253 e. The molecular formula is C18H28ClN3O3S. The fraction of sp³-hybridized carbons (Fsp3) is 0.611. The van der Waals surface area contributed by atoms with Gasteiger partial charge in [-0.2, -0.15) is 4.31 Å². The quantitative estimate of drug-likeness (QED) is 0.791. The first kappa shape index (κ1) is 21.2. The number of carbonyl (C=O) groups is 1. The molecule has 6 nitrogen and oxygen atoms in total. The molecule has 146 valence electrons. The molecule has 1 saturated carbocycles. The molecule has 1 aliphatic heterocycles. The molecule has 0 bridgehead atoms. The highest BCUT2D eigenvalue weighted by atomic mass is 35.5. The van der Waals surface area contributed by atoms with Crippen molar-refractivity contribution in [2.75, 3.05) is 33.7 Å². The van der Waals surface area contributed by atoms with Gasteiger partial charge in [-0.05, 0) is 56.3 Å². The van der Waals surface area contributed by atoms with E-state index in [4.69, 9.17) is 0 Å². The lowest BCUT2D eigenvalue weighted by atomic mass is 10.1. The summed E-state index contributed by atoms with van der Waals surface area (Å²) in [5, 5.41) is 3.56. The summed E-state index contributed by atoms with van der Waals surface area (Å²) >= 11 is 0. The van der Waals surface area contributed by atoms with Crippen LogP contribution < -0.4 is 5.32 Å². The highest BCUT2D eigenvalue weighted by Crippen LogP contribution is 2.28. The molecule has 1 aromatic rings. The van der Waals surface area contributed by atoms with E-state index in [1.54, 1.807) is 36.6 Å². The molecule has 1 saturated heterocycles. The molecular weight excluding hydrogens is 374 g/mol. The fourth-order valence-electron chi connectivity index (χ4n) is 3.15. The zero-order valence-electron chi connectivity index (χ0n) is 15.3. The van der Waals surface area contributed by atoms with Gasteiger partial charge in [0.25, 0.3) is 5.91 Å². The van der Waals surface area contributed by atoms with Gasteiger partial charge in [-0.15, -0.1) is 12.4 Å². The van der Waals surface area contributed by atoms with E-state index in [0.29, 0.717) is 24.7 Å². The summed E-state index contributed by atoms with van der Waals surface area (Å²) in [5.41, 5.74) is 0.395.